The van der Waals surface area contributed by atoms with Crippen LogP contribution >= 0.6 is 12.2 Å². The second-order valence-corrected chi connectivity index (χ2v) is 4.69. The number of unbranched alkanes of at least 4 members (excludes halogenated alkanes) is 1. The Bertz CT molecular complexity index is 463. The molecule has 0 amide bonds. The molecular formula is C13H17F3N2OS. The Hall–Kier alpha value is -1.34. The Morgan fingerprint density at radius 2 is 2.05 bits per heavy atom. The van der Waals surface area contributed by atoms with E-state index in [1.165, 1.54) is 12.1 Å². The first-order valence-electron chi connectivity index (χ1n) is 6.10. The highest BCUT2D eigenvalue weighted by atomic mass is 32.1. The number of thiocarbonyl (C=S) groups is 1. The first kappa shape index (κ1) is 16.7. The van der Waals surface area contributed by atoms with Crippen LogP contribution in [0.3, 0.4) is 0 Å². The molecule has 0 atom stereocenters. The molecule has 3 N–H and O–H groups in total. The van der Waals surface area contributed by atoms with Crippen molar-refractivity contribution in [2.75, 3.05) is 25.6 Å². The van der Waals surface area contributed by atoms with Gasteiger partial charge in [-0.3, -0.25) is 0 Å². The molecule has 0 spiro atoms. The van der Waals surface area contributed by atoms with Gasteiger partial charge in [0, 0.05) is 31.5 Å². The summed E-state index contributed by atoms with van der Waals surface area (Å²) in [5.74, 6) is 0. The highest BCUT2D eigenvalue weighted by molar-refractivity contribution is 7.80. The second kappa shape index (κ2) is 7.44. The fraction of sp³-hybridized carbons (Fsp3) is 0.462. The van der Waals surface area contributed by atoms with Gasteiger partial charge in [-0.2, -0.15) is 13.2 Å². The van der Waals surface area contributed by atoms with Crippen molar-refractivity contribution in [2.24, 2.45) is 5.73 Å². The molecule has 0 saturated carbocycles. The lowest BCUT2D eigenvalue weighted by atomic mass is 10.1. The zero-order valence-corrected chi connectivity index (χ0v) is 11.9. The summed E-state index contributed by atoms with van der Waals surface area (Å²) < 4.78 is 43.3. The molecule has 3 nitrogen and oxygen atoms in total. The van der Waals surface area contributed by atoms with Crippen molar-refractivity contribution in [3.8, 4) is 0 Å². The number of hydrogen-bond acceptors (Lipinski definition) is 3. The van der Waals surface area contributed by atoms with Gasteiger partial charge in [0.05, 0.1) is 5.56 Å². The zero-order chi connectivity index (χ0) is 15.2. The predicted octanol–water partition coefficient (Wildman–Crippen LogP) is 3.18. The van der Waals surface area contributed by atoms with Gasteiger partial charge in [-0.15, -0.1) is 0 Å². The van der Waals surface area contributed by atoms with Gasteiger partial charge in [0.15, 0.2) is 0 Å². The third-order valence-electron chi connectivity index (χ3n) is 2.69. The monoisotopic (exact) mass is 306 g/mol. The van der Waals surface area contributed by atoms with Crippen molar-refractivity contribution < 1.29 is 17.9 Å². The van der Waals surface area contributed by atoms with Crippen molar-refractivity contribution in [3.63, 3.8) is 0 Å². The maximum absolute atomic E-state index is 12.8. The molecule has 0 bridgehead atoms. The van der Waals surface area contributed by atoms with Crippen LogP contribution in [-0.2, 0) is 10.9 Å². The number of halogens is 3. The summed E-state index contributed by atoms with van der Waals surface area (Å²) in [4.78, 5) is -0.264. The van der Waals surface area contributed by atoms with E-state index in [1.54, 1.807) is 7.11 Å². The Morgan fingerprint density at radius 3 is 2.60 bits per heavy atom. The number of ether oxygens (including phenoxy) is 1. The average Bonchev–Trinajstić information content (AvgIpc) is 2.37. The van der Waals surface area contributed by atoms with Crippen molar-refractivity contribution in [1.29, 1.82) is 0 Å². The topological polar surface area (TPSA) is 47.3 Å². The number of hydrogen-bond donors (Lipinski definition) is 2. The molecule has 0 unspecified atom stereocenters. The minimum absolute atomic E-state index is 0.158. The van der Waals surface area contributed by atoms with Crippen LogP contribution in [0.2, 0.25) is 0 Å². The van der Waals surface area contributed by atoms with Crippen LogP contribution in [0.5, 0.6) is 0 Å². The normalized spacial score (nSPS) is 11.4. The SMILES string of the molecule is COCCCCNc1ccc(C(F)(F)F)c(C(N)=S)c1. The highest BCUT2D eigenvalue weighted by Gasteiger charge is 2.33. The van der Waals surface area contributed by atoms with Crippen LogP contribution in [0.15, 0.2) is 18.2 Å². The summed E-state index contributed by atoms with van der Waals surface area (Å²) in [5, 5.41) is 3.04. The molecule has 1 rings (SSSR count). The van der Waals surface area contributed by atoms with Crippen molar-refractivity contribution in [3.05, 3.63) is 29.3 Å². The number of methoxy groups -OCH3 is 1. The second-order valence-electron chi connectivity index (χ2n) is 4.25. The van der Waals surface area contributed by atoms with E-state index >= 15 is 0 Å². The van der Waals surface area contributed by atoms with E-state index in [0.717, 1.165) is 18.9 Å². The Kier molecular flexibility index (Phi) is 6.22. The molecule has 20 heavy (non-hydrogen) atoms. The Balaban J connectivity index is 2.76. The standard InChI is InChI=1S/C13H17F3N2OS/c1-19-7-3-2-6-18-9-4-5-11(13(14,15)16)10(8-9)12(17)20/h4-5,8,18H,2-3,6-7H2,1H3,(H2,17,20). The molecule has 0 aromatic heterocycles. The Morgan fingerprint density at radius 1 is 1.35 bits per heavy atom. The van der Waals surface area contributed by atoms with E-state index < -0.39 is 11.7 Å². The van der Waals surface area contributed by atoms with Crippen LogP contribution in [-0.4, -0.2) is 25.2 Å². The number of alkyl halides is 3. The molecule has 0 heterocycles. The third kappa shape index (κ3) is 4.97. The summed E-state index contributed by atoms with van der Waals surface area (Å²) in [7, 11) is 1.62. The fourth-order valence-corrected chi connectivity index (χ4v) is 1.88. The van der Waals surface area contributed by atoms with E-state index in [1.807, 2.05) is 0 Å². The molecular weight excluding hydrogens is 289 g/mol. The lowest BCUT2D eigenvalue weighted by Gasteiger charge is -2.14. The van der Waals surface area contributed by atoms with Gasteiger partial charge in [-0.05, 0) is 31.0 Å². The van der Waals surface area contributed by atoms with E-state index in [0.29, 0.717) is 18.8 Å². The first-order chi connectivity index (χ1) is 9.36. The number of nitrogens with two attached hydrogens (primary N) is 1. The van der Waals surface area contributed by atoms with Gasteiger partial charge in [0.1, 0.15) is 4.99 Å². The number of nitrogens with one attached hydrogen (secondary N) is 1. The fourth-order valence-electron chi connectivity index (χ4n) is 1.71. The van der Waals surface area contributed by atoms with Crippen LogP contribution in [0.1, 0.15) is 24.0 Å². The third-order valence-corrected chi connectivity index (χ3v) is 2.91. The molecule has 1 aromatic carbocycles. The van der Waals surface area contributed by atoms with Crippen LogP contribution in [0, 0.1) is 0 Å². The molecule has 1 aromatic rings. The minimum Gasteiger partial charge on any atom is -0.389 e. The highest BCUT2D eigenvalue weighted by Crippen LogP contribution is 2.33. The predicted molar refractivity (Wildman–Crippen MR) is 76.9 cm³/mol. The van der Waals surface area contributed by atoms with E-state index in [9.17, 15) is 13.2 Å². The van der Waals surface area contributed by atoms with E-state index in [4.69, 9.17) is 10.5 Å². The van der Waals surface area contributed by atoms with Crippen LogP contribution in [0.25, 0.3) is 0 Å². The van der Waals surface area contributed by atoms with Crippen molar-refractivity contribution in [2.45, 2.75) is 19.0 Å². The molecule has 0 aliphatic heterocycles. The van der Waals surface area contributed by atoms with Gasteiger partial charge in [-0.1, -0.05) is 12.2 Å². The molecule has 0 aliphatic carbocycles. The lowest BCUT2D eigenvalue weighted by Crippen LogP contribution is -2.18. The van der Waals surface area contributed by atoms with Crippen LogP contribution in [0.4, 0.5) is 18.9 Å². The number of rotatable bonds is 7. The minimum atomic E-state index is -4.46. The summed E-state index contributed by atoms with van der Waals surface area (Å²) in [6.45, 7) is 1.30. The van der Waals surface area contributed by atoms with Gasteiger partial charge in [-0.25, -0.2) is 0 Å². The van der Waals surface area contributed by atoms with Crippen molar-refractivity contribution >= 4 is 22.9 Å². The Labute approximate surface area is 121 Å². The zero-order valence-electron chi connectivity index (χ0n) is 11.1. The molecule has 0 saturated heterocycles. The van der Waals surface area contributed by atoms with Gasteiger partial charge in [0.2, 0.25) is 0 Å². The largest absolute Gasteiger partial charge is 0.417 e. The molecule has 0 fully saturated rings. The van der Waals surface area contributed by atoms with Gasteiger partial charge in [0.25, 0.3) is 0 Å². The number of anilines is 1. The summed E-state index contributed by atoms with van der Waals surface area (Å²) in [5.41, 5.74) is 4.96. The van der Waals surface area contributed by atoms with E-state index in [-0.39, 0.29) is 10.6 Å². The lowest BCUT2D eigenvalue weighted by molar-refractivity contribution is -0.137. The summed E-state index contributed by atoms with van der Waals surface area (Å²) >= 11 is 4.68. The van der Waals surface area contributed by atoms with E-state index in [2.05, 4.69) is 17.5 Å². The van der Waals surface area contributed by atoms with Gasteiger partial charge >= 0.3 is 6.18 Å². The summed E-state index contributed by atoms with van der Waals surface area (Å²) in [6, 6.07) is 3.70. The van der Waals surface area contributed by atoms with Crippen LogP contribution < -0.4 is 11.1 Å². The molecule has 0 radical (unpaired) electrons. The average molecular weight is 306 g/mol. The number of benzene rings is 1. The van der Waals surface area contributed by atoms with Gasteiger partial charge < -0.3 is 15.8 Å². The summed E-state index contributed by atoms with van der Waals surface area (Å²) in [6.07, 6.45) is -2.72. The molecule has 7 heteroatoms. The molecule has 112 valence electrons. The molecule has 0 aliphatic rings. The maximum atomic E-state index is 12.8. The van der Waals surface area contributed by atoms with Crippen molar-refractivity contribution in [1.82, 2.24) is 0 Å². The smallest absolute Gasteiger partial charge is 0.389 e. The first-order valence-corrected chi connectivity index (χ1v) is 6.51. The quantitative estimate of drug-likeness (QED) is 0.600. The maximum Gasteiger partial charge on any atom is 0.417 e.